The third-order valence-electron chi connectivity index (χ3n) is 4.89. The van der Waals surface area contributed by atoms with E-state index in [1.807, 2.05) is 12.1 Å². The number of hydrogen-bond acceptors (Lipinski definition) is 5. The van der Waals surface area contributed by atoms with E-state index in [0.29, 0.717) is 31.9 Å². The number of methoxy groups -OCH3 is 1. The molecule has 3 rings (SSSR count). The summed E-state index contributed by atoms with van der Waals surface area (Å²) in [4.78, 5) is 15.7. The first kappa shape index (κ1) is 21.6. The van der Waals surface area contributed by atoms with Crippen molar-refractivity contribution in [1.82, 2.24) is 10.2 Å². The topological polar surface area (TPSA) is 50.8 Å². The Bertz CT molecular complexity index is 765. The van der Waals surface area contributed by atoms with Crippen molar-refractivity contribution < 1.29 is 18.7 Å². The summed E-state index contributed by atoms with van der Waals surface area (Å²) in [5, 5.41) is 3.08. The zero-order valence-corrected chi connectivity index (χ0v) is 17.4. The Hall–Kier alpha value is -2.09. The molecule has 1 unspecified atom stereocenters. The van der Waals surface area contributed by atoms with E-state index < -0.39 is 0 Å². The predicted octanol–water partition coefficient (Wildman–Crippen LogP) is 3.51. The van der Waals surface area contributed by atoms with Gasteiger partial charge >= 0.3 is 0 Å². The lowest BCUT2D eigenvalue weighted by Gasteiger charge is -2.35. The number of thioether (sulfide) groups is 1. The number of benzene rings is 2. The van der Waals surface area contributed by atoms with E-state index in [1.165, 1.54) is 12.1 Å². The van der Waals surface area contributed by atoms with Gasteiger partial charge in [0.25, 0.3) is 0 Å². The maximum Gasteiger partial charge on any atom is 0.220 e. The van der Waals surface area contributed by atoms with Gasteiger partial charge in [-0.05, 0) is 42.0 Å². The van der Waals surface area contributed by atoms with Crippen LogP contribution in [0.1, 0.15) is 18.0 Å². The van der Waals surface area contributed by atoms with Gasteiger partial charge in [-0.1, -0.05) is 12.1 Å². The van der Waals surface area contributed by atoms with Crippen LogP contribution in [0.3, 0.4) is 0 Å². The van der Waals surface area contributed by atoms with E-state index in [4.69, 9.17) is 9.47 Å². The molecule has 2 aromatic carbocycles. The number of rotatable bonds is 9. The van der Waals surface area contributed by atoms with Gasteiger partial charge in [0.15, 0.2) is 0 Å². The number of carbonyl (C=O) groups excluding carboxylic acids is 1. The number of hydrogen-bond donors (Lipinski definition) is 1. The lowest BCUT2D eigenvalue weighted by molar-refractivity contribution is -0.121. The molecular weight excluding hydrogens is 391 g/mol. The summed E-state index contributed by atoms with van der Waals surface area (Å²) in [6.45, 7) is 3.64. The van der Waals surface area contributed by atoms with Crippen molar-refractivity contribution in [1.29, 1.82) is 0 Å². The first-order chi connectivity index (χ1) is 14.2. The summed E-state index contributed by atoms with van der Waals surface area (Å²) >= 11 is 1.55. The van der Waals surface area contributed by atoms with E-state index >= 15 is 0 Å². The van der Waals surface area contributed by atoms with Gasteiger partial charge in [-0.25, -0.2) is 4.39 Å². The second-order valence-electron chi connectivity index (χ2n) is 6.79. The van der Waals surface area contributed by atoms with Crippen molar-refractivity contribution in [2.24, 2.45) is 0 Å². The van der Waals surface area contributed by atoms with Crippen LogP contribution in [0, 0.1) is 5.82 Å². The van der Waals surface area contributed by atoms with Crippen LogP contribution in [0.15, 0.2) is 53.4 Å². The molecule has 1 aliphatic rings. The molecule has 1 atom stereocenters. The highest BCUT2D eigenvalue weighted by atomic mass is 32.2. The van der Waals surface area contributed by atoms with Crippen LogP contribution >= 0.6 is 11.8 Å². The molecule has 0 spiro atoms. The van der Waals surface area contributed by atoms with Gasteiger partial charge in [-0.3, -0.25) is 9.69 Å². The van der Waals surface area contributed by atoms with Crippen molar-refractivity contribution in [2.75, 3.05) is 45.7 Å². The zero-order chi connectivity index (χ0) is 20.5. The molecular formula is C22H27FN2O3S. The molecule has 1 amide bonds. The van der Waals surface area contributed by atoms with Crippen molar-refractivity contribution in [3.63, 3.8) is 0 Å². The van der Waals surface area contributed by atoms with Gasteiger partial charge < -0.3 is 14.8 Å². The first-order valence-electron chi connectivity index (χ1n) is 9.76. The Labute approximate surface area is 175 Å². The van der Waals surface area contributed by atoms with E-state index in [2.05, 4.69) is 22.3 Å². The minimum atomic E-state index is -0.250. The van der Waals surface area contributed by atoms with Crippen molar-refractivity contribution >= 4 is 17.7 Å². The predicted molar refractivity (Wildman–Crippen MR) is 113 cm³/mol. The molecule has 2 aromatic rings. The Balaban J connectivity index is 1.52. The minimum Gasteiger partial charge on any atom is -0.497 e. The number of nitrogens with zero attached hydrogens (tertiary/aromatic N) is 1. The Morgan fingerprint density at radius 2 is 1.86 bits per heavy atom. The molecule has 0 bridgehead atoms. The van der Waals surface area contributed by atoms with Crippen LogP contribution in [-0.2, 0) is 9.53 Å². The molecule has 0 aliphatic carbocycles. The molecule has 1 fully saturated rings. The summed E-state index contributed by atoms with van der Waals surface area (Å²) < 4.78 is 23.7. The number of halogens is 1. The van der Waals surface area contributed by atoms with Gasteiger partial charge in [-0.2, -0.15) is 0 Å². The molecule has 5 nitrogen and oxygen atoms in total. The van der Waals surface area contributed by atoms with Crippen LogP contribution in [-0.4, -0.2) is 56.5 Å². The maximum atomic E-state index is 13.0. The van der Waals surface area contributed by atoms with Crippen molar-refractivity contribution in [2.45, 2.75) is 17.4 Å². The van der Waals surface area contributed by atoms with Gasteiger partial charge in [0, 0.05) is 36.7 Å². The number of ether oxygens (including phenoxy) is 2. The third kappa shape index (κ3) is 6.73. The fourth-order valence-corrected chi connectivity index (χ4v) is 4.12. The molecule has 7 heteroatoms. The number of nitrogens with one attached hydrogen (secondary N) is 1. The quantitative estimate of drug-likeness (QED) is 0.632. The number of amides is 1. The normalized spacial score (nSPS) is 15.7. The van der Waals surface area contributed by atoms with Gasteiger partial charge in [0.05, 0.1) is 26.4 Å². The zero-order valence-electron chi connectivity index (χ0n) is 16.6. The van der Waals surface area contributed by atoms with Crippen molar-refractivity contribution in [3.8, 4) is 5.75 Å². The number of carbonyl (C=O) groups is 1. The first-order valence-corrected chi connectivity index (χ1v) is 10.7. The second kappa shape index (κ2) is 11.2. The number of morpholine rings is 1. The van der Waals surface area contributed by atoms with E-state index in [0.717, 1.165) is 29.3 Å². The average Bonchev–Trinajstić information content (AvgIpc) is 2.76. The molecule has 29 heavy (non-hydrogen) atoms. The lowest BCUT2D eigenvalue weighted by Crippen LogP contribution is -2.43. The van der Waals surface area contributed by atoms with E-state index in [1.54, 1.807) is 31.0 Å². The minimum absolute atomic E-state index is 0.0198. The van der Waals surface area contributed by atoms with Crippen LogP contribution < -0.4 is 10.1 Å². The molecule has 156 valence electrons. The van der Waals surface area contributed by atoms with E-state index in [-0.39, 0.29) is 17.8 Å². The Morgan fingerprint density at radius 1 is 1.17 bits per heavy atom. The van der Waals surface area contributed by atoms with Gasteiger partial charge in [0.1, 0.15) is 11.6 Å². The van der Waals surface area contributed by atoms with Crippen LogP contribution in [0.4, 0.5) is 4.39 Å². The maximum absolute atomic E-state index is 13.0. The van der Waals surface area contributed by atoms with E-state index in [9.17, 15) is 9.18 Å². The average molecular weight is 419 g/mol. The molecule has 0 aromatic heterocycles. The van der Waals surface area contributed by atoms with Crippen molar-refractivity contribution in [3.05, 3.63) is 59.9 Å². The molecule has 1 N–H and O–H groups in total. The summed E-state index contributed by atoms with van der Waals surface area (Å²) in [6.07, 6.45) is 0.417. The summed E-state index contributed by atoms with van der Waals surface area (Å²) in [6, 6.07) is 14.4. The summed E-state index contributed by atoms with van der Waals surface area (Å²) in [5.74, 6) is 1.24. The summed E-state index contributed by atoms with van der Waals surface area (Å²) in [5.41, 5.74) is 1.15. The fraction of sp³-hybridized carbons (Fsp3) is 0.409. The molecule has 0 saturated carbocycles. The van der Waals surface area contributed by atoms with Crippen LogP contribution in [0.5, 0.6) is 5.75 Å². The lowest BCUT2D eigenvalue weighted by atomic mass is 10.0. The SMILES string of the molecule is COc1ccc(C(CNC(=O)CCSc2ccc(F)cc2)N2CCOCC2)cc1. The smallest absolute Gasteiger partial charge is 0.220 e. The third-order valence-corrected chi connectivity index (χ3v) is 5.90. The molecule has 0 radical (unpaired) electrons. The second-order valence-corrected chi connectivity index (χ2v) is 7.96. The highest BCUT2D eigenvalue weighted by molar-refractivity contribution is 7.99. The van der Waals surface area contributed by atoms with Gasteiger partial charge in [0.2, 0.25) is 5.91 Å². The fourth-order valence-electron chi connectivity index (χ4n) is 3.26. The highest BCUT2D eigenvalue weighted by Crippen LogP contribution is 2.24. The van der Waals surface area contributed by atoms with Crippen LogP contribution in [0.25, 0.3) is 0 Å². The van der Waals surface area contributed by atoms with Crippen LogP contribution in [0.2, 0.25) is 0 Å². The standard InChI is InChI=1S/C22H27FN2O3S/c1-27-19-6-2-17(3-7-19)21(25-11-13-28-14-12-25)16-24-22(26)10-15-29-20-8-4-18(23)5-9-20/h2-9,21H,10-16H2,1H3,(H,24,26). The molecule has 1 saturated heterocycles. The Kier molecular flexibility index (Phi) is 8.34. The molecule has 1 aliphatic heterocycles. The largest absolute Gasteiger partial charge is 0.497 e. The highest BCUT2D eigenvalue weighted by Gasteiger charge is 2.23. The summed E-state index contributed by atoms with van der Waals surface area (Å²) in [7, 11) is 1.65. The van der Waals surface area contributed by atoms with Gasteiger partial charge in [-0.15, -0.1) is 11.8 Å². The monoisotopic (exact) mass is 418 g/mol. The Morgan fingerprint density at radius 3 is 2.52 bits per heavy atom. The molecule has 1 heterocycles.